The van der Waals surface area contributed by atoms with Gasteiger partial charge >= 0.3 is 6.55 Å². The molecule has 0 radical (unpaired) electrons. The molecule has 2 N–H and O–H groups in total. The number of alkyl halides is 2. The van der Waals surface area contributed by atoms with Gasteiger partial charge in [0, 0.05) is 18.0 Å². The maximum absolute atomic E-state index is 11.4. The fraction of sp³-hybridized carbons (Fsp3) is 0.167. The van der Waals surface area contributed by atoms with Gasteiger partial charge in [0.15, 0.2) is 0 Å². The van der Waals surface area contributed by atoms with Crippen LogP contribution in [0.15, 0.2) is 29.4 Å². The molecule has 0 heterocycles. The Morgan fingerprint density at radius 1 is 1.60 bits per heavy atom. The molecular formula is C6H8F2N2. The molecule has 0 unspecified atom stereocenters. The van der Waals surface area contributed by atoms with Crippen molar-refractivity contribution in [2.75, 3.05) is 0 Å². The zero-order valence-corrected chi connectivity index (χ0v) is 5.30. The van der Waals surface area contributed by atoms with E-state index >= 15 is 0 Å². The smallest absolute Gasteiger partial charge is 0.331 e. The normalized spacial score (nSPS) is 12.9. The fourth-order valence-corrected chi connectivity index (χ4v) is 0.306. The van der Waals surface area contributed by atoms with E-state index in [4.69, 9.17) is 5.73 Å². The van der Waals surface area contributed by atoms with Crippen molar-refractivity contribution in [1.82, 2.24) is 0 Å². The first-order valence-corrected chi connectivity index (χ1v) is 2.56. The predicted molar refractivity (Wildman–Crippen MR) is 37.0 cm³/mol. The number of hydrogen-bond acceptors (Lipinski definition) is 2. The number of rotatable bonds is 3. The van der Waals surface area contributed by atoms with Crippen molar-refractivity contribution in [3.63, 3.8) is 0 Å². The third-order valence-corrected chi connectivity index (χ3v) is 0.764. The summed E-state index contributed by atoms with van der Waals surface area (Å²) in [5.41, 5.74) is 5.38. The van der Waals surface area contributed by atoms with E-state index in [-0.39, 0.29) is 0 Å². The highest BCUT2D eigenvalue weighted by molar-refractivity contribution is 5.81. The summed E-state index contributed by atoms with van der Waals surface area (Å²) >= 11 is 0. The largest absolute Gasteiger partial charge is 0.404 e. The van der Waals surface area contributed by atoms with Gasteiger partial charge in [-0.2, -0.15) is 8.78 Å². The predicted octanol–water partition coefficient (Wildman–Crippen LogP) is 1.31. The van der Waals surface area contributed by atoms with Crippen LogP contribution in [0, 0.1) is 0 Å². The van der Waals surface area contributed by atoms with E-state index in [1.165, 1.54) is 6.08 Å². The van der Waals surface area contributed by atoms with E-state index in [1.54, 1.807) is 0 Å². The minimum atomic E-state index is -2.69. The molecule has 4 heteroatoms. The van der Waals surface area contributed by atoms with Gasteiger partial charge in [-0.05, 0) is 0 Å². The maximum Gasteiger partial charge on any atom is 0.331 e. The van der Waals surface area contributed by atoms with Crippen LogP contribution in [0.1, 0.15) is 0 Å². The minimum Gasteiger partial charge on any atom is -0.404 e. The Kier molecular flexibility index (Phi) is 4.11. The highest BCUT2D eigenvalue weighted by atomic mass is 19.3. The van der Waals surface area contributed by atoms with E-state index in [0.717, 1.165) is 12.4 Å². The number of allylic oxidation sites excluding steroid dienone is 2. The van der Waals surface area contributed by atoms with Gasteiger partial charge in [-0.25, -0.2) is 4.99 Å². The Morgan fingerprint density at radius 3 is 2.50 bits per heavy atom. The summed E-state index contributed by atoms with van der Waals surface area (Å²) in [7, 11) is 0. The van der Waals surface area contributed by atoms with Crippen molar-refractivity contribution in [2.24, 2.45) is 10.7 Å². The lowest BCUT2D eigenvalue weighted by Gasteiger charge is -1.88. The fourth-order valence-electron chi connectivity index (χ4n) is 0.306. The summed E-state index contributed by atoms with van der Waals surface area (Å²) in [4.78, 5) is 2.79. The molecule has 0 rings (SSSR count). The molecule has 10 heavy (non-hydrogen) atoms. The van der Waals surface area contributed by atoms with Crippen LogP contribution in [0.25, 0.3) is 0 Å². The molecule has 0 atom stereocenters. The lowest BCUT2D eigenvalue weighted by atomic mass is 10.3. The molecule has 0 aliphatic carbocycles. The molecule has 0 aliphatic rings. The van der Waals surface area contributed by atoms with E-state index in [9.17, 15) is 8.78 Å². The van der Waals surface area contributed by atoms with Crippen molar-refractivity contribution in [3.8, 4) is 0 Å². The highest BCUT2D eigenvalue weighted by Gasteiger charge is 1.92. The summed E-state index contributed by atoms with van der Waals surface area (Å²) in [6.07, 6.45) is 3.46. The van der Waals surface area contributed by atoms with Crippen LogP contribution < -0.4 is 5.73 Å². The van der Waals surface area contributed by atoms with Gasteiger partial charge in [-0.1, -0.05) is 12.7 Å². The van der Waals surface area contributed by atoms with Crippen molar-refractivity contribution in [3.05, 3.63) is 24.4 Å². The first-order valence-electron chi connectivity index (χ1n) is 2.56. The van der Waals surface area contributed by atoms with E-state index < -0.39 is 6.55 Å². The molecule has 0 aromatic rings. The van der Waals surface area contributed by atoms with Gasteiger partial charge in [-0.3, -0.25) is 0 Å². The Bertz CT molecular complexity index is 161. The minimum absolute atomic E-state index is 0.375. The van der Waals surface area contributed by atoms with E-state index in [2.05, 4.69) is 11.6 Å². The molecule has 0 amide bonds. The Morgan fingerprint density at radius 2 is 2.20 bits per heavy atom. The molecule has 0 saturated carbocycles. The van der Waals surface area contributed by atoms with E-state index in [1.807, 2.05) is 0 Å². The van der Waals surface area contributed by atoms with Gasteiger partial charge in [0.05, 0.1) is 0 Å². The summed E-state index contributed by atoms with van der Waals surface area (Å²) in [5, 5.41) is 0. The third kappa shape index (κ3) is 3.77. The van der Waals surface area contributed by atoms with Crippen LogP contribution in [0.2, 0.25) is 0 Å². The number of aliphatic imine (C=N–C) groups is 1. The first kappa shape index (κ1) is 8.81. The SMILES string of the molecule is C=CC(C=NC(F)F)=CN. The Labute approximate surface area is 57.8 Å². The molecule has 0 bridgehead atoms. The van der Waals surface area contributed by atoms with Crippen molar-refractivity contribution < 1.29 is 8.78 Å². The molecule has 0 aromatic heterocycles. The van der Waals surface area contributed by atoms with Crippen LogP contribution in [0.4, 0.5) is 8.78 Å². The summed E-state index contributed by atoms with van der Waals surface area (Å²) in [5.74, 6) is 0. The molecular weight excluding hydrogens is 138 g/mol. The Balaban J connectivity index is 3.98. The van der Waals surface area contributed by atoms with Crippen LogP contribution in [0.3, 0.4) is 0 Å². The van der Waals surface area contributed by atoms with Crippen LogP contribution >= 0.6 is 0 Å². The van der Waals surface area contributed by atoms with Gasteiger partial charge in [0.25, 0.3) is 0 Å². The molecule has 0 spiro atoms. The summed E-state index contributed by atoms with van der Waals surface area (Å²) in [6, 6.07) is 0. The molecule has 56 valence electrons. The van der Waals surface area contributed by atoms with Crippen molar-refractivity contribution in [2.45, 2.75) is 6.55 Å². The zero-order valence-electron chi connectivity index (χ0n) is 5.30. The number of nitrogens with zero attached hydrogens (tertiary/aromatic N) is 1. The second kappa shape index (κ2) is 4.67. The maximum atomic E-state index is 11.4. The van der Waals surface area contributed by atoms with Gasteiger partial charge < -0.3 is 5.73 Å². The number of hydrogen-bond donors (Lipinski definition) is 1. The Hall–Kier alpha value is -1.19. The molecule has 0 fully saturated rings. The second-order valence-corrected chi connectivity index (χ2v) is 1.43. The molecule has 0 aliphatic heterocycles. The zero-order chi connectivity index (χ0) is 7.98. The lowest BCUT2D eigenvalue weighted by molar-refractivity contribution is 0.160. The second-order valence-electron chi connectivity index (χ2n) is 1.43. The first-order chi connectivity index (χ1) is 4.70. The summed E-state index contributed by atoms with van der Waals surface area (Å²) in [6.45, 7) is 0.640. The lowest BCUT2D eigenvalue weighted by Crippen LogP contribution is -1.90. The monoisotopic (exact) mass is 146 g/mol. The highest BCUT2D eigenvalue weighted by Crippen LogP contribution is 1.94. The van der Waals surface area contributed by atoms with Gasteiger partial charge in [-0.15, -0.1) is 0 Å². The standard InChI is InChI=1S/C6H8F2N2/c1-2-5(3-9)4-10-6(7)8/h2-4,6H,1,9H2. The van der Waals surface area contributed by atoms with Crippen LogP contribution in [0.5, 0.6) is 0 Å². The summed E-state index contributed by atoms with van der Waals surface area (Å²) < 4.78 is 22.7. The van der Waals surface area contributed by atoms with Gasteiger partial charge in [0.1, 0.15) is 0 Å². The molecule has 0 saturated heterocycles. The van der Waals surface area contributed by atoms with Crippen LogP contribution in [-0.2, 0) is 0 Å². The average Bonchev–Trinajstić information content (AvgIpc) is 1.90. The van der Waals surface area contributed by atoms with Crippen LogP contribution in [-0.4, -0.2) is 12.8 Å². The van der Waals surface area contributed by atoms with Crippen molar-refractivity contribution >= 4 is 6.21 Å². The van der Waals surface area contributed by atoms with E-state index in [0.29, 0.717) is 5.57 Å². The third-order valence-electron chi connectivity index (χ3n) is 0.764. The number of halogens is 2. The molecule has 0 aromatic carbocycles. The van der Waals surface area contributed by atoms with Crippen molar-refractivity contribution in [1.29, 1.82) is 0 Å². The van der Waals surface area contributed by atoms with Gasteiger partial charge in [0.2, 0.25) is 0 Å². The quantitative estimate of drug-likeness (QED) is 0.364. The number of nitrogens with two attached hydrogens (primary N) is 1. The average molecular weight is 146 g/mol. The topological polar surface area (TPSA) is 38.4 Å². The molecule has 2 nitrogen and oxygen atoms in total.